The number of amides is 1. The lowest BCUT2D eigenvalue weighted by Gasteiger charge is -2.06. The molecule has 150 valence electrons. The van der Waals surface area contributed by atoms with Crippen LogP contribution in [-0.4, -0.2) is 35.5 Å². The second-order valence-electron chi connectivity index (χ2n) is 5.82. The number of benzene rings is 2. The Balaban J connectivity index is 1.63. The van der Waals surface area contributed by atoms with Crippen LogP contribution in [0.4, 0.5) is 10.8 Å². The number of phenols is 1. The van der Waals surface area contributed by atoms with Crippen LogP contribution >= 0.6 is 11.3 Å². The molecular formula is C18H15N3O6S2. The molecule has 0 saturated heterocycles. The number of nitrogens with zero attached hydrogens (tertiary/aromatic N) is 1. The number of carbonyl (C=O) groups excluding carboxylic acids is 1. The van der Waals surface area contributed by atoms with Gasteiger partial charge in [-0.05, 0) is 24.3 Å². The quantitative estimate of drug-likeness (QED) is 0.448. The summed E-state index contributed by atoms with van der Waals surface area (Å²) in [6, 6.07) is 11.5. The smallest absolute Gasteiger partial charge is 0.339 e. The van der Waals surface area contributed by atoms with Crippen molar-refractivity contribution in [2.24, 2.45) is 0 Å². The van der Waals surface area contributed by atoms with Crippen LogP contribution in [0.1, 0.15) is 16.1 Å². The van der Waals surface area contributed by atoms with Crippen LogP contribution in [-0.2, 0) is 21.2 Å². The first kappa shape index (κ1) is 20.3. The zero-order chi connectivity index (χ0) is 21.0. The molecule has 11 heteroatoms. The summed E-state index contributed by atoms with van der Waals surface area (Å²) >= 11 is 1.04. The Hall–Kier alpha value is -3.44. The average Bonchev–Trinajstić information content (AvgIpc) is 3.08. The van der Waals surface area contributed by atoms with Crippen molar-refractivity contribution in [3.63, 3.8) is 0 Å². The fraction of sp³-hybridized carbons (Fsp3) is 0.0556. The maximum absolute atomic E-state index is 12.3. The largest absolute Gasteiger partial charge is 0.507 e. The van der Waals surface area contributed by atoms with Crippen molar-refractivity contribution in [2.45, 2.75) is 11.3 Å². The van der Waals surface area contributed by atoms with Crippen LogP contribution < -0.4 is 10.0 Å². The van der Waals surface area contributed by atoms with E-state index in [1.54, 1.807) is 23.6 Å². The fourth-order valence-electron chi connectivity index (χ4n) is 2.37. The molecule has 0 fully saturated rings. The van der Waals surface area contributed by atoms with E-state index in [9.17, 15) is 23.1 Å². The highest BCUT2D eigenvalue weighted by Crippen LogP contribution is 2.23. The molecule has 0 aliphatic heterocycles. The minimum Gasteiger partial charge on any atom is -0.507 e. The van der Waals surface area contributed by atoms with Gasteiger partial charge in [-0.3, -0.25) is 9.52 Å². The molecule has 0 atom stereocenters. The number of carboxylic acid groups (broad SMARTS) is 1. The first-order valence-electron chi connectivity index (χ1n) is 8.13. The highest BCUT2D eigenvalue weighted by molar-refractivity contribution is 7.93. The Morgan fingerprint density at radius 2 is 1.83 bits per heavy atom. The van der Waals surface area contributed by atoms with Crippen molar-refractivity contribution < 1.29 is 28.2 Å². The number of aromatic hydroxyl groups is 1. The van der Waals surface area contributed by atoms with E-state index in [1.807, 2.05) is 0 Å². The van der Waals surface area contributed by atoms with Gasteiger partial charge in [-0.15, -0.1) is 11.3 Å². The summed E-state index contributed by atoms with van der Waals surface area (Å²) in [5, 5.41) is 22.7. The van der Waals surface area contributed by atoms with E-state index in [2.05, 4.69) is 15.0 Å². The number of hydrogen-bond acceptors (Lipinski definition) is 7. The van der Waals surface area contributed by atoms with Crippen molar-refractivity contribution in [3.05, 3.63) is 65.2 Å². The van der Waals surface area contributed by atoms with E-state index in [-0.39, 0.29) is 27.7 Å². The van der Waals surface area contributed by atoms with Gasteiger partial charge >= 0.3 is 5.97 Å². The maximum Gasteiger partial charge on any atom is 0.339 e. The molecule has 0 bridgehead atoms. The molecule has 0 radical (unpaired) electrons. The summed E-state index contributed by atoms with van der Waals surface area (Å²) in [7, 11) is -3.77. The Labute approximate surface area is 169 Å². The molecule has 2 aromatic carbocycles. The van der Waals surface area contributed by atoms with Gasteiger partial charge in [0.1, 0.15) is 11.3 Å². The Morgan fingerprint density at radius 1 is 1.10 bits per heavy atom. The molecule has 0 aliphatic rings. The Morgan fingerprint density at radius 3 is 2.48 bits per heavy atom. The lowest BCUT2D eigenvalue weighted by atomic mass is 10.2. The summed E-state index contributed by atoms with van der Waals surface area (Å²) in [6.45, 7) is 0. The van der Waals surface area contributed by atoms with Gasteiger partial charge in [-0.2, -0.15) is 0 Å². The van der Waals surface area contributed by atoms with Crippen molar-refractivity contribution in [2.75, 3.05) is 10.0 Å². The normalized spacial score (nSPS) is 11.0. The number of carboxylic acids is 1. The molecular weight excluding hydrogens is 418 g/mol. The molecule has 1 heterocycles. The SMILES string of the molecule is O=C(Cc1csc(NS(=O)(=O)c2ccccc2)n1)Nc1ccc(C(=O)O)c(O)c1. The molecule has 4 N–H and O–H groups in total. The van der Waals surface area contributed by atoms with Gasteiger partial charge in [0.25, 0.3) is 10.0 Å². The second-order valence-corrected chi connectivity index (χ2v) is 8.37. The number of hydrogen-bond donors (Lipinski definition) is 4. The van der Waals surface area contributed by atoms with Crippen molar-refractivity contribution in [1.29, 1.82) is 0 Å². The third kappa shape index (κ3) is 5.09. The van der Waals surface area contributed by atoms with E-state index < -0.39 is 27.6 Å². The number of rotatable bonds is 7. The van der Waals surface area contributed by atoms with Crippen LogP contribution in [0.5, 0.6) is 5.75 Å². The molecule has 0 unspecified atom stereocenters. The maximum atomic E-state index is 12.3. The number of aromatic carboxylic acids is 1. The number of sulfonamides is 1. The fourth-order valence-corrected chi connectivity index (χ4v) is 4.35. The molecule has 1 amide bonds. The number of aromatic nitrogens is 1. The molecule has 1 aromatic heterocycles. The molecule has 0 saturated carbocycles. The topological polar surface area (TPSA) is 146 Å². The molecule has 0 spiro atoms. The molecule has 0 aliphatic carbocycles. The molecule has 29 heavy (non-hydrogen) atoms. The predicted molar refractivity (Wildman–Crippen MR) is 107 cm³/mol. The summed E-state index contributed by atoms with van der Waals surface area (Å²) < 4.78 is 26.9. The Bertz CT molecular complexity index is 1160. The van der Waals surface area contributed by atoms with Crippen molar-refractivity contribution >= 4 is 44.1 Å². The highest BCUT2D eigenvalue weighted by atomic mass is 32.2. The molecule has 9 nitrogen and oxygen atoms in total. The van der Waals surface area contributed by atoms with Gasteiger partial charge < -0.3 is 15.5 Å². The van der Waals surface area contributed by atoms with E-state index in [4.69, 9.17) is 5.11 Å². The van der Waals surface area contributed by atoms with Crippen molar-refractivity contribution in [3.8, 4) is 5.75 Å². The first-order valence-corrected chi connectivity index (χ1v) is 10.5. The number of thiazole rings is 1. The van der Waals surface area contributed by atoms with Gasteiger partial charge in [0.2, 0.25) is 5.91 Å². The van der Waals surface area contributed by atoms with E-state index in [0.717, 1.165) is 17.4 Å². The lowest BCUT2D eigenvalue weighted by Crippen LogP contribution is -2.15. The van der Waals surface area contributed by atoms with Crippen LogP contribution in [0.3, 0.4) is 0 Å². The predicted octanol–water partition coefficient (Wildman–Crippen LogP) is 2.53. The average molecular weight is 433 g/mol. The van der Waals surface area contributed by atoms with Gasteiger partial charge in [0.05, 0.1) is 17.0 Å². The summed E-state index contributed by atoms with van der Waals surface area (Å²) in [5.74, 6) is -2.22. The number of nitrogens with one attached hydrogen (secondary N) is 2. The summed E-state index contributed by atoms with van der Waals surface area (Å²) in [5.41, 5.74) is 0.292. The monoisotopic (exact) mass is 433 g/mol. The molecule has 3 rings (SSSR count). The van der Waals surface area contributed by atoms with Crippen LogP contribution in [0.25, 0.3) is 0 Å². The van der Waals surface area contributed by atoms with E-state index in [1.165, 1.54) is 24.3 Å². The third-order valence-corrected chi connectivity index (χ3v) is 5.97. The number of anilines is 2. The summed E-state index contributed by atoms with van der Waals surface area (Å²) in [4.78, 5) is 27.2. The van der Waals surface area contributed by atoms with E-state index >= 15 is 0 Å². The van der Waals surface area contributed by atoms with Crippen LogP contribution in [0, 0.1) is 0 Å². The molecule has 3 aromatic rings. The van der Waals surface area contributed by atoms with Gasteiger partial charge in [-0.1, -0.05) is 18.2 Å². The first-order chi connectivity index (χ1) is 13.7. The standard InChI is InChI=1S/C18H15N3O6S2/c22-15-8-11(6-7-14(15)17(24)25)19-16(23)9-12-10-28-18(20-12)21-29(26,27)13-4-2-1-3-5-13/h1-8,10,22H,9H2,(H,19,23)(H,20,21)(H,24,25). The van der Waals surface area contributed by atoms with Gasteiger partial charge in [-0.25, -0.2) is 18.2 Å². The minimum atomic E-state index is -3.77. The van der Waals surface area contributed by atoms with Crippen molar-refractivity contribution in [1.82, 2.24) is 4.98 Å². The lowest BCUT2D eigenvalue weighted by molar-refractivity contribution is -0.115. The van der Waals surface area contributed by atoms with Gasteiger partial charge in [0, 0.05) is 17.1 Å². The van der Waals surface area contributed by atoms with E-state index in [0.29, 0.717) is 5.69 Å². The zero-order valence-corrected chi connectivity index (χ0v) is 16.3. The summed E-state index contributed by atoms with van der Waals surface area (Å²) in [6.07, 6.45) is -0.134. The Kier molecular flexibility index (Phi) is 5.80. The third-order valence-electron chi connectivity index (χ3n) is 3.68. The zero-order valence-electron chi connectivity index (χ0n) is 14.7. The minimum absolute atomic E-state index is 0.0964. The highest BCUT2D eigenvalue weighted by Gasteiger charge is 2.17. The van der Waals surface area contributed by atoms with Crippen LogP contribution in [0.15, 0.2) is 58.8 Å². The van der Waals surface area contributed by atoms with Gasteiger partial charge in [0.15, 0.2) is 5.13 Å². The number of carbonyl (C=O) groups is 2. The van der Waals surface area contributed by atoms with Crippen LogP contribution in [0.2, 0.25) is 0 Å². The second kappa shape index (κ2) is 8.29.